The number of rotatable bonds is 7. The molecule has 0 saturated heterocycles. The summed E-state index contributed by atoms with van der Waals surface area (Å²) >= 11 is 0. The average molecular weight is 397 g/mol. The van der Waals surface area contributed by atoms with Crippen LogP contribution in [0.3, 0.4) is 0 Å². The molecule has 0 atom stereocenters. The molecule has 0 aliphatic carbocycles. The van der Waals surface area contributed by atoms with E-state index in [1.165, 1.54) is 39.5 Å². The lowest BCUT2D eigenvalue weighted by Gasteiger charge is -2.14. The highest BCUT2D eigenvalue weighted by molar-refractivity contribution is 5.88. The minimum absolute atomic E-state index is 0.961. The van der Waals surface area contributed by atoms with Crippen molar-refractivity contribution in [2.24, 2.45) is 0 Å². The van der Waals surface area contributed by atoms with E-state index in [1.807, 2.05) is 19.1 Å². The zero-order chi connectivity index (χ0) is 21.7. The largest absolute Gasteiger partial charge is 0.361 e. The zero-order valence-electron chi connectivity index (χ0n) is 18.8. The zero-order valence-corrected chi connectivity index (χ0v) is 18.8. The second-order valence-corrected chi connectivity index (χ2v) is 7.39. The lowest BCUT2D eigenvalue weighted by molar-refractivity contribution is 1.02. The van der Waals surface area contributed by atoms with Crippen LogP contribution in [0.2, 0.25) is 0 Å². The molecule has 2 heterocycles. The molecule has 0 amide bonds. The van der Waals surface area contributed by atoms with Crippen molar-refractivity contribution in [1.29, 1.82) is 0 Å². The lowest BCUT2D eigenvalue weighted by atomic mass is 9.98. The Balaban J connectivity index is 2.47. The van der Waals surface area contributed by atoms with Crippen LogP contribution in [-0.4, -0.2) is 9.55 Å². The summed E-state index contributed by atoms with van der Waals surface area (Å²) in [7, 11) is 0. The number of aromatic nitrogens is 2. The second-order valence-electron chi connectivity index (χ2n) is 7.39. The van der Waals surface area contributed by atoms with Gasteiger partial charge in [0.25, 0.3) is 0 Å². The Morgan fingerprint density at radius 3 is 2.27 bits per heavy atom. The number of aromatic amines is 1. The second kappa shape index (κ2) is 9.49. The van der Waals surface area contributed by atoms with E-state index < -0.39 is 0 Å². The highest BCUT2D eigenvalue weighted by Gasteiger charge is 2.24. The molecule has 30 heavy (non-hydrogen) atoms. The van der Waals surface area contributed by atoms with Crippen molar-refractivity contribution in [3.8, 4) is 16.9 Å². The van der Waals surface area contributed by atoms with Crippen LogP contribution >= 0.6 is 0 Å². The van der Waals surface area contributed by atoms with Crippen LogP contribution in [-0.2, 0) is 6.42 Å². The fraction of sp³-hybridized carbons (Fsp3) is 0.214. The highest BCUT2D eigenvalue weighted by atomic mass is 15.0. The maximum atomic E-state index is 4.19. The summed E-state index contributed by atoms with van der Waals surface area (Å²) in [5.41, 5.74) is 10.9. The van der Waals surface area contributed by atoms with Gasteiger partial charge in [-0.3, -0.25) is 0 Å². The van der Waals surface area contributed by atoms with E-state index in [-0.39, 0.29) is 0 Å². The van der Waals surface area contributed by atoms with Gasteiger partial charge in [-0.1, -0.05) is 74.2 Å². The normalized spacial score (nSPS) is 12.0. The van der Waals surface area contributed by atoms with Crippen LogP contribution in [0.25, 0.3) is 35.2 Å². The summed E-state index contributed by atoms with van der Waals surface area (Å²) in [6.07, 6.45) is 15.7. The fourth-order valence-corrected chi connectivity index (χ4v) is 4.20. The Labute approximate surface area is 181 Å². The molecule has 3 aromatic rings. The van der Waals surface area contributed by atoms with Gasteiger partial charge in [-0.2, -0.15) is 0 Å². The van der Waals surface area contributed by atoms with Crippen LogP contribution in [0.1, 0.15) is 54.5 Å². The van der Waals surface area contributed by atoms with Gasteiger partial charge in [-0.15, -0.1) is 0 Å². The van der Waals surface area contributed by atoms with Crippen molar-refractivity contribution < 1.29 is 0 Å². The van der Waals surface area contributed by atoms with Gasteiger partial charge in [-0.05, 0) is 46.2 Å². The van der Waals surface area contributed by atoms with Crippen molar-refractivity contribution in [3.63, 3.8) is 0 Å². The van der Waals surface area contributed by atoms with Crippen molar-refractivity contribution >= 4 is 18.2 Å². The average Bonchev–Trinajstić information content (AvgIpc) is 3.21. The molecule has 0 unspecified atom stereocenters. The number of aryl methyl sites for hydroxylation is 2. The van der Waals surface area contributed by atoms with Gasteiger partial charge >= 0.3 is 0 Å². The Kier molecular flexibility index (Phi) is 6.79. The van der Waals surface area contributed by atoms with E-state index in [2.05, 4.69) is 105 Å². The monoisotopic (exact) mass is 396 g/mol. The third-order valence-electron chi connectivity index (χ3n) is 5.51. The molecule has 2 nitrogen and oxygen atoms in total. The molecule has 0 bridgehead atoms. The molecule has 2 heteroatoms. The molecule has 3 rings (SSSR count). The fourth-order valence-electron chi connectivity index (χ4n) is 4.20. The van der Waals surface area contributed by atoms with E-state index >= 15 is 0 Å². The third-order valence-corrected chi connectivity index (χ3v) is 5.51. The van der Waals surface area contributed by atoms with Crippen LogP contribution in [0, 0.1) is 13.8 Å². The lowest BCUT2D eigenvalue weighted by Crippen LogP contribution is -2.00. The van der Waals surface area contributed by atoms with Gasteiger partial charge < -0.3 is 9.55 Å². The molecule has 0 aliphatic rings. The number of allylic oxidation sites excluding steroid dienone is 4. The van der Waals surface area contributed by atoms with E-state index in [0.29, 0.717) is 0 Å². The van der Waals surface area contributed by atoms with Crippen molar-refractivity contribution in [1.82, 2.24) is 9.55 Å². The number of H-pyrrole nitrogens is 1. The van der Waals surface area contributed by atoms with Crippen molar-refractivity contribution in [2.45, 2.75) is 41.0 Å². The SMILES string of the molecule is C=Cc1c(/C=C\C=C/C)c(C)n(-c2ccccc2)c1-c1c(C)[nH]c(CC)c1/C=C\C. The number of hydrogen-bond acceptors (Lipinski definition) is 0. The predicted molar refractivity (Wildman–Crippen MR) is 133 cm³/mol. The van der Waals surface area contributed by atoms with Gasteiger partial charge in [-0.25, -0.2) is 0 Å². The summed E-state index contributed by atoms with van der Waals surface area (Å²) in [5, 5.41) is 0. The first-order valence-electron chi connectivity index (χ1n) is 10.7. The molecule has 0 radical (unpaired) electrons. The Hall–Kier alpha value is -3.26. The number of para-hydroxylation sites is 1. The maximum absolute atomic E-state index is 4.19. The first-order chi connectivity index (χ1) is 14.6. The van der Waals surface area contributed by atoms with Crippen LogP contribution in [0.4, 0.5) is 0 Å². The molecular weight excluding hydrogens is 364 g/mol. The molecule has 0 fully saturated rings. The maximum Gasteiger partial charge on any atom is 0.0633 e. The van der Waals surface area contributed by atoms with Gasteiger partial charge in [0.1, 0.15) is 0 Å². The van der Waals surface area contributed by atoms with E-state index in [9.17, 15) is 0 Å². The Bertz CT molecular complexity index is 1120. The quantitative estimate of drug-likeness (QED) is 0.392. The van der Waals surface area contributed by atoms with Gasteiger partial charge in [0.15, 0.2) is 0 Å². The molecule has 154 valence electrons. The number of hydrogen-bond donors (Lipinski definition) is 1. The molecular formula is C28H32N2. The highest BCUT2D eigenvalue weighted by Crippen LogP contribution is 2.40. The van der Waals surface area contributed by atoms with Crippen LogP contribution in [0.15, 0.2) is 61.2 Å². The van der Waals surface area contributed by atoms with Gasteiger partial charge in [0, 0.05) is 45.0 Å². The van der Waals surface area contributed by atoms with E-state index in [0.717, 1.165) is 17.7 Å². The van der Waals surface area contributed by atoms with E-state index in [1.54, 1.807) is 0 Å². The van der Waals surface area contributed by atoms with Crippen molar-refractivity contribution in [2.75, 3.05) is 0 Å². The number of benzene rings is 1. The first kappa shape index (κ1) is 21.4. The summed E-state index contributed by atoms with van der Waals surface area (Å²) in [6.45, 7) is 14.9. The standard InChI is InChI=1S/C28H32N2/c1-7-11-13-19-24-21(6)30(22-17-14-12-15-18-22)28(23(24)9-3)27-20(5)29-26(10-4)25(27)16-8-2/h7-9,11-19,29H,3,10H2,1-2,4-6H3/b11-7-,16-8-,19-13-. The molecule has 0 spiro atoms. The molecule has 1 N–H and O–H groups in total. The number of nitrogens with zero attached hydrogens (tertiary/aromatic N) is 1. The Morgan fingerprint density at radius 2 is 1.67 bits per heavy atom. The van der Waals surface area contributed by atoms with Crippen LogP contribution < -0.4 is 0 Å². The topological polar surface area (TPSA) is 20.7 Å². The predicted octanol–water partition coefficient (Wildman–Crippen LogP) is 7.92. The number of nitrogens with one attached hydrogen (secondary N) is 1. The van der Waals surface area contributed by atoms with Crippen LogP contribution in [0.5, 0.6) is 0 Å². The molecule has 0 saturated carbocycles. The van der Waals surface area contributed by atoms with Crippen molar-refractivity contribution in [3.05, 3.63) is 95.0 Å². The molecule has 2 aromatic heterocycles. The molecule has 0 aliphatic heterocycles. The summed E-state index contributed by atoms with van der Waals surface area (Å²) in [6, 6.07) is 10.6. The smallest absolute Gasteiger partial charge is 0.0633 e. The Morgan fingerprint density at radius 1 is 0.933 bits per heavy atom. The van der Waals surface area contributed by atoms with Gasteiger partial charge in [0.05, 0.1) is 5.69 Å². The summed E-state index contributed by atoms with van der Waals surface area (Å²) < 4.78 is 2.37. The summed E-state index contributed by atoms with van der Waals surface area (Å²) in [4.78, 5) is 3.63. The third kappa shape index (κ3) is 3.78. The minimum atomic E-state index is 0.961. The first-order valence-corrected chi connectivity index (χ1v) is 10.7. The minimum Gasteiger partial charge on any atom is -0.361 e. The van der Waals surface area contributed by atoms with E-state index in [4.69, 9.17) is 0 Å². The summed E-state index contributed by atoms with van der Waals surface area (Å²) in [5.74, 6) is 0. The molecule has 1 aromatic carbocycles. The van der Waals surface area contributed by atoms with Gasteiger partial charge in [0.2, 0.25) is 0 Å².